The number of anilines is 5. The first-order chi connectivity index (χ1) is 30.7. The Morgan fingerprint density at radius 3 is 2.08 bits per heavy atom. The molecule has 0 N–H and O–H groups in total. The molecule has 0 saturated carbocycles. The highest BCUT2D eigenvalue weighted by molar-refractivity contribution is 7.26. The fourth-order valence-electron chi connectivity index (χ4n) is 10.2. The molecule has 9 aromatic carbocycles. The molecule has 4 heteroatoms. The highest BCUT2D eigenvalue weighted by atomic mass is 32.1. The van der Waals surface area contributed by atoms with Gasteiger partial charge in [-0.25, -0.2) is 0 Å². The van der Waals surface area contributed by atoms with Crippen molar-refractivity contribution in [3.05, 3.63) is 229 Å². The summed E-state index contributed by atoms with van der Waals surface area (Å²) in [5.74, 6) is 0.252. The van der Waals surface area contributed by atoms with Crippen molar-refractivity contribution in [2.24, 2.45) is 0 Å². The molecule has 0 bridgehead atoms. The van der Waals surface area contributed by atoms with Crippen molar-refractivity contribution in [2.75, 3.05) is 9.80 Å². The van der Waals surface area contributed by atoms with E-state index in [1.54, 1.807) is 0 Å². The minimum absolute atomic E-state index is 0.141. The lowest BCUT2D eigenvalue weighted by molar-refractivity contribution is 0.668. The van der Waals surface area contributed by atoms with E-state index in [0.29, 0.717) is 0 Å². The van der Waals surface area contributed by atoms with Crippen LogP contribution >= 0.6 is 11.3 Å². The van der Waals surface area contributed by atoms with Crippen LogP contribution in [0.4, 0.5) is 28.4 Å². The third kappa shape index (κ3) is 5.43. The van der Waals surface area contributed by atoms with Gasteiger partial charge in [0.2, 0.25) is 0 Å². The van der Waals surface area contributed by atoms with Crippen LogP contribution in [0.25, 0.3) is 70.4 Å². The normalized spacial score (nSPS) is 15.3. The summed E-state index contributed by atoms with van der Waals surface area (Å²) in [6, 6.07) is 75.4. The molecule has 2 aliphatic rings. The van der Waals surface area contributed by atoms with Gasteiger partial charge in [0, 0.05) is 65.6 Å². The first-order valence-electron chi connectivity index (χ1n) is 21.3. The summed E-state index contributed by atoms with van der Waals surface area (Å²) in [5.41, 5.74) is 16.3. The molecule has 2 aromatic heterocycles. The summed E-state index contributed by atoms with van der Waals surface area (Å²) in [7, 11) is 0. The van der Waals surface area contributed by atoms with E-state index in [9.17, 15) is 0 Å². The molecule has 3 heterocycles. The molecule has 2 unspecified atom stereocenters. The van der Waals surface area contributed by atoms with Crippen LogP contribution in [0.15, 0.2) is 217 Å². The van der Waals surface area contributed by atoms with Crippen LogP contribution in [0.3, 0.4) is 0 Å². The maximum absolute atomic E-state index is 6.47. The highest BCUT2D eigenvalue weighted by Crippen LogP contribution is 2.57. The first kappa shape index (κ1) is 35.1. The van der Waals surface area contributed by atoms with Gasteiger partial charge >= 0.3 is 0 Å². The molecule has 13 rings (SSSR count). The zero-order valence-corrected chi connectivity index (χ0v) is 34.5. The van der Waals surface area contributed by atoms with Crippen molar-refractivity contribution in [1.82, 2.24) is 0 Å². The number of fused-ring (bicyclic) bond motifs is 11. The zero-order valence-electron chi connectivity index (χ0n) is 33.7. The monoisotopic (exact) mass is 810 g/mol. The fourth-order valence-corrected chi connectivity index (χ4v) is 11.4. The quantitative estimate of drug-likeness (QED) is 0.167. The van der Waals surface area contributed by atoms with Crippen LogP contribution in [0.1, 0.15) is 28.7 Å². The molecule has 0 amide bonds. The number of furan rings is 1. The van der Waals surface area contributed by atoms with E-state index in [1.807, 2.05) is 23.5 Å². The molecular formula is C58H38N2OS. The van der Waals surface area contributed by atoms with E-state index in [0.717, 1.165) is 44.6 Å². The summed E-state index contributed by atoms with van der Waals surface area (Å²) in [5, 5.41) is 4.77. The second kappa shape index (κ2) is 14.0. The average Bonchev–Trinajstić information content (AvgIpc) is 4.02. The van der Waals surface area contributed by atoms with E-state index in [4.69, 9.17) is 4.42 Å². The molecule has 0 radical (unpaired) electrons. The van der Waals surface area contributed by atoms with Crippen molar-refractivity contribution < 1.29 is 4.42 Å². The van der Waals surface area contributed by atoms with Crippen LogP contribution in [0, 0.1) is 0 Å². The molecule has 0 saturated heterocycles. The summed E-state index contributed by atoms with van der Waals surface area (Å²) in [4.78, 5) is 5.02. The van der Waals surface area contributed by atoms with Crippen LogP contribution in [0.5, 0.6) is 0 Å². The lowest BCUT2D eigenvalue weighted by atomic mass is 9.83. The molecule has 62 heavy (non-hydrogen) atoms. The molecular weight excluding hydrogens is 773 g/mol. The van der Waals surface area contributed by atoms with Gasteiger partial charge in [-0.15, -0.1) is 11.3 Å². The smallest absolute Gasteiger partial charge is 0.137 e. The summed E-state index contributed by atoms with van der Waals surface area (Å²) < 4.78 is 9.02. The van der Waals surface area contributed by atoms with Gasteiger partial charge in [-0.2, -0.15) is 0 Å². The Bertz CT molecular complexity index is 3560. The number of hydrogen-bond acceptors (Lipinski definition) is 4. The standard InChI is InChI=1S/C58H38N2OS/c1-2-13-38(14-3-1)43-32-28-40(35-52(43)60-50-20-9-6-17-45(50)48-33-27-39-15-4-5-16-44(39)58(48)60)37-25-29-41(30-26-37)59(42-31-34-47-46-18-7-10-22-53(46)61-54(47)36-42)51-21-12-24-56-57(51)49-19-8-11-23-55(49)62-56/h1-36,48,58H. The van der Waals surface area contributed by atoms with Gasteiger partial charge in [0.1, 0.15) is 11.2 Å². The second-order valence-corrected chi connectivity index (χ2v) is 17.5. The van der Waals surface area contributed by atoms with Gasteiger partial charge in [-0.1, -0.05) is 152 Å². The maximum atomic E-state index is 6.47. The third-order valence-electron chi connectivity index (χ3n) is 13.0. The van der Waals surface area contributed by atoms with Gasteiger partial charge in [-0.3, -0.25) is 0 Å². The second-order valence-electron chi connectivity index (χ2n) is 16.4. The Morgan fingerprint density at radius 2 is 1.18 bits per heavy atom. The van der Waals surface area contributed by atoms with Crippen molar-refractivity contribution in [3.63, 3.8) is 0 Å². The van der Waals surface area contributed by atoms with Gasteiger partial charge in [0.15, 0.2) is 0 Å². The Balaban J connectivity index is 0.972. The van der Waals surface area contributed by atoms with Gasteiger partial charge in [-0.05, 0) is 94.0 Å². The number of benzene rings is 9. The van der Waals surface area contributed by atoms with E-state index < -0.39 is 0 Å². The van der Waals surface area contributed by atoms with E-state index in [-0.39, 0.29) is 12.0 Å². The largest absolute Gasteiger partial charge is 0.456 e. The van der Waals surface area contributed by atoms with Gasteiger partial charge in [0.05, 0.1) is 17.4 Å². The average molecular weight is 811 g/mol. The zero-order chi connectivity index (χ0) is 40.7. The number of rotatable bonds is 6. The number of para-hydroxylation sites is 2. The Morgan fingerprint density at radius 1 is 0.468 bits per heavy atom. The minimum Gasteiger partial charge on any atom is -0.456 e. The summed E-state index contributed by atoms with van der Waals surface area (Å²) >= 11 is 1.85. The summed E-state index contributed by atoms with van der Waals surface area (Å²) in [6.45, 7) is 0. The molecule has 1 aliphatic carbocycles. The third-order valence-corrected chi connectivity index (χ3v) is 14.2. The molecule has 2 atom stereocenters. The van der Waals surface area contributed by atoms with Crippen molar-refractivity contribution in [2.45, 2.75) is 12.0 Å². The predicted molar refractivity (Wildman–Crippen MR) is 262 cm³/mol. The highest BCUT2D eigenvalue weighted by Gasteiger charge is 2.42. The first-order valence-corrected chi connectivity index (χ1v) is 22.1. The topological polar surface area (TPSA) is 19.6 Å². The molecule has 3 nitrogen and oxygen atoms in total. The summed E-state index contributed by atoms with van der Waals surface area (Å²) in [6.07, 6.45) is 4.72. The minimum atomic E-state index is 0.141. The van der Waals surface area contributed by atoms with E-state index in [2.05, 4.69) is 216 Å². The number of hydrogen-bond donors (Lipinski definition) is 0. The number of nitrogens with zero attached hydrogens (tertiary/aromatic N) is 2. The van der Waals surface area contributed by atoms with Crippen molar-refractivity contribution >= 4 is 88.0 Å². The molecule has 292 valence electrons. The molecule has 0 fully saturated rings. The van der Waals surface area contributed by atoms with E-state index >= 15 is 0 Å². The van der Waals surface area contributed by atoms with Gasteiger partial charge < -0.3 is 14.2 Å². The molecule has 0 spiro atoms. The fraction of sp³-hybridized carbons (Fsp3) is 0.0345. The van der Waals surface area contributed by atoms with Crippen molar-refractivity contribution in [3.8, 4) is 22.3 Å². The van der Waals surface area contributed by atoms with Crippen LogP contribution in [-0.4, -0.2) is 0 Å². The Hall–Kier alpha value is -7.66. The Labute approximate surface area is 363 Å². The Kier molecular flexibility index (Phi) is 7.91. The lowest BCUT2D eigenvalue weighted by Gasteiger charge is -2.35. The predicted octanol–water partition coefficient (Wildman–Crippen LogP) is 16.8. The van der Waals surface area contributed by atoms with Crippen LogP contribution in [0.2, 0.25) is 0 Å². The van der Waals surface area contributed by atoms with Crippen LogP contribution in [-0.2, 0) is 0 Å². The molecule has 11 aromatic rings. The van der Waals surface area contributed by atoms with E-state index in [1.165, 1.54) is 64.9 Å². The van der Waals surface area contributed by atoms with Gasteiger partial charge in [0.25, 0.3) is 0 Å². The molecule has 1 aliphatic heterocycles. The lowest BCUT2D eigenvalue weighted by Crippen LogP contribution is -2.24. The number of thiophene rings is 1. The van der Waals surface area contributed by atoms with Crippen molar-refractivity contribution in [1.29, 1.82) is 0 Å². The maximum Gasteiger partial charge on any atom is 0.137 e. The van der Waals surface area contributed by atoms with Crippen LogP contribution < -0.4 is 9.80 Å². The SMILES string of the molecule is C1=CC2c3ccccc3N(c3cc(-c4ccc(N(c5ccc6c(c5)oc5ccccc56)c5cccc6sc7ccccc7c56)cc4)ccc3-c3ccccc3)C2c2ccccc21.